The molecule has 1 saturated carbocycles. The molecule has 30 heavy (non-hydrogen) atoms. The van der Waals surface area contributed by atoms with Gasteiger partial charge in [-0.2, -0.15) is 0 Å². The molecule has 0 radical (unpaired) electrons. The van der Waals surface area contributed by atoms with Gasteiger partial charge < -0.3 is 14.5 Å². The lowest BCUT2D eigenvalue weighted by molar-refractivity contribution is 0.0929. The molecule has 4 aromatic rings. The number of nitrogens with one attached hydrogen (secondary N) is 1. The molecule has 1 amide bonds. The summed E-state index contributed by atoms with van der Waals surface area (Å²) in [7, 11) is 1.97. The first-order valence-electron chi connectivity index (χ1n) is 10.6. The normalized spacial score (nSPS) is 15.1. The number of rotatable bonds is 4. The molecule has 5 rings (SSSR count). The Balaban J connectivity index is 1.50. The number of aryl methyl sites for hydroxylation is 1. The molecule has 5 nitrogen and oxygen atoms in total. The molecule has 0 spiro atoms. The van der Waals surface area contributed by atoms with Crippen LogP contribution in [-0.4, -0.2) is 26.1 Å². The molecule has 6 heteroatoms. The molecule has 0 saturated heterocycles. The molecule has 1 N–H and O–H groups in total. The van der Waals surface area contributed by atoms with Crippen LogP contribution >= 0.6 is 0 Å². The summed E-state index contributed by atoms with van der Waals surface area (Å²) >= 11 is 0. The molecule has 2 heterocycles. The quantitative estimate of drug-likeness (QED) is 0.532. The van der Waals surface area contributed by atoms with Crippen LogP contribution in [0.5, 0.6) is 0 Å². The number of imidazole rings is 1. The van der Waals surface area contributed by atoms with Crippen LogP contribution in [0.15, 0.2) is 48.9 Å². The van der Waals surface area contributed by atoms with Gasteiger partial charge >= 0.3 is 0 Å². The summed E-state index contributed by atoms with van der Waals surface area (Å²) in [6.45, 7) is 0.545. The number of benzene rings is 2. The second kappa shape index (κ2) is 7.59. The second-order valence-electron chi connectivity index (χ2n) is 8.29. The highest BCUT2D eigenvalue weighted by Gasteiger charge is 2.22. The molecule has 1 aliphatic rings. The number of fused-ring (bicyclic) bond motifs is 2. The molecule has 1 aliphatic carbocycles. The van der Waals surface area contributed by atoms with Crippen molar-refractivity contribution >= 4 is 27.8 Å². The number of halogens is 1. The van der Waals surface area contributed by atoms with Crippen molar-refractivity contribution in [2.45, 2.75) is 44.7 Å². The minimum absolute atomic E-state index is 0.183. The van der Waals surface area contributed by atoms with Crippen molar-refractivity contribution in [1.29, 1.82) is 0 Å². The van der Waals surface area contributed by atoms with Gasteiger partial charge in [0.05, 0.1) is 28.4 Å². The van der Waals surface area contributed by atoms with Gasteiger partial charge in [0.15, 0.2) is 0 Å². The fraction of sp³-hybridized carbons (Fsp3) is 0.333. The predicted molar refractivity (Wildman–Crippen MR) is 116 cm³/mol. The number of amides is 1. The lowest BCUT2D eigenvalue weighted by Gasteiger charge is -2.22. The summed E-state index contributed by atoms with van der Waals surface area (Å²) in [6, 6.07) is 11.3. The first-order chi connectivity index (χ1) is 14.6. The van der Waals surface area contributed by atoms with E-state index in [1.165, 1.54) is 12.5 Å². The zero-order valence-electron chi connectivity index (χ0n) is 17.1. The van der Waals surface area contributed by atoms with Crippen molar-refractivity contribution < 1.29 is 9.18 Å². The number of aromatic nitrogens is 3. The Labute approximate surface area is 174 Å². The number of hydrogen-bond donors (Lipinski definition) is 1. The average molecular weight is 404 g/mol. The lowest BCUT2D eigenvalue weighted by atomic mass is 9.95. The van der Waals surface area contributed by atoms with Crippen LogP contribution in [0.2, 0.25) is 0 Å². The smallest absolute Gasteiger partial charge is 0.253 e. The van der Waals surface area contributed by atoms with Crippen LogP contribution in [0.25, 0.3) is 21.9 Å². The van der Waals surface area contributed by atoms with Gasteiger partial charge in [-0.15, -0.1) is 0 Å². The molecule has 1 fully saturated rings. The molecule has 0 atom stereocenters. The molecular weight excluding hydrogens is 379 g/mol. The van der Waals surface area contributed by atoms with Gasteiger partial charge in [0.1, 0.15) is 5.82 Å². The van der Waals surface area contributed by atoms with Crippen LogP contribution < -0.4 is 5.32 Å². The molecular formula is C24H25FN4O. The van der Waals surface area contributed by atoms with Crippen LogP contribution in [-0.2, 0) is 13.6 Å². The van der Waals surface area contributed by atoms with Gasteiger partial charge in [-0.3, -0.25) is 4.79 Å². The van der Waals surface area contributed by atoms with Gasteiger partial charge in [-0.25, -0.2) is 9.37 Å². The van der Waals surface area contributed by atoms with Gasteiger partial charge in [0, 0.05) is 31.2 Å². The molecule has 0 aliphatic heterocycles. The second-order valence-corrected chi connectivity index (χ2v) is 8.29. The van der Waals surface area contributed by atoms with Crippen LogP contribution in [0, 0.1) is 5.82 Å². The van der Waals surface area contributed by atoms with Crippen molar-refractivity contribution in [3.05, 3.63) is 65.9 Å². The van der Waals surface area contributed by atoms with Crippen molar-refractivity contribution in [2.75, 3.05) is 0 Å². The third kappa shape index (κ3) is 3.36. The molecule has 154 valence electrons. The molecule has 0 bridgehead atoms. The first kappa shape index (κ1) is 18.9. The number of carbonyl (C=O) groups is 1. The van der Waals surface area contributed by atoms with E-state index in [1.807, 2.05) is 34.4 Å². The predicted octanol–water partition coefficient (Wildman–Crippen LogP) is 4.78. The summed E-state index contributed by atoms with van der Waals surface area (Å²) in [4.78, 5) is 17.4. The minimum atomic E-state index is -0.361. The van der Waals surface area contributed by atoms with E-state index in [9.17, 15) is 9.18 Å². The third-order valence-electron chi connectivity index (χ3n) is 6.18. The average Bonchev–Trinajstić information content (AvgIpc) is 3.31. The molecule has 0 unspecified atom stereocenters. The highest BCUT2D eigenvalue weighted by Crippen LogP contribution is 2.27. The molecule has 2 aromatic heterocycles. The van der Waals surface area contributed by atoms with E-state index in [1.54, 1.807) is 18.6 Å². The zero-order valence-corrected chi connectivity index (χ0v) is 17.1. The van der Waals surface area contributed by atoms with Crippen LogP contribution in [0.4, 0.5) is 4.39 Å². The van der Waals surface area contributed by atoms with Gasteiger partial charge in [0.2, 0.25) is 0 Å². The van der Waals surface area contributed by atoms with Crippen LogP contribution in [0.1, 0.15) is 48.0 Å². The largest absolute Gasteiger partial charge is 0.349 e. The lowest BCUT2D eigenvalue weighted by Crippen LogP contribution is -2.36. The van der Waals surface area contributed by atoms with Gasteiger partial charge in [-0.1, -0.05) is 31.4 Å². The van der Waals surface area contributed by atoms with Crippen molar-refractivity contribution in [3.63, 3.8) is 0 Å². The summed E-state index contributed by atoms with van der Waals surface area (Å²) in [5, 5.41) is 3.52. The fourth-order valence-corrected chi connectivity index (χ4v) is 4.60. The Bertz CT molecular complexity index is 1230. The summed E-state index contributed by atoms with van der Waals surface area (Å²) < 4.78 is 18.7. The summed E-state index contributed by atoms with van der Waals surface area (Å²) in [5.74, 6) is -0.545. The number of carbonyl (C=O) groups excluding carboxylic acids is 1. The standard InChI is InChI=1S/C24H25FN4O/c1-28-15-26-20-12-16(10-11-21(20)28)13-29-14-18(23-19(25)8-5-9-22(23)29)24(30)27-17-6-3-2-4-7-17/h5,8-12,14-15,17H,2-4,6-7,13H2,1H3,(H,27,30). The van der Waals surface area contributed by atoms with Crippen molar-refractivity contribution in [1.82, 2.24) is 19.4 Å². The van der Waals surface area contributed by atoms with E-state index in [0.717, 1.165) is 47.8 Å². The van der Waals surface area contributed by atoms with E-state index in [0.29, 0.717) is 17.5 Å². The maximum Gasteiger partial charge on any atom is 0.253 e. The number of nitrogens with zero attached hydrogens (tertiary/aromatic N) is 3. The number of hydrogen-bond acceptors (Lipinski definition) is 2. The Kier molecular flexibility index (Phi) is 4.77. The Morgan fingerprint density at radius 1 is 1.17 bits per heavy atom. The Morgan fingerprint density at radius 3 is 2.83 bits per heavy atom. The third-order valence-corrected chi connectivity index (χ3v) is 6.18. The first-order valence-corrected chi connectivity index (χ1v) is 10.6. The maximum absolute atomic E-state index is 14.7. The van der Waals surface area contributed by atoms with Gasteiger partial charge in [-0.05, 0) is 42.7 Å². The van der Waals surface area contributed by atoms with Gasteiger partial charge in [0.25, 0.3) is 5.91 Å². The van der Waals surface area contributed by atoms with Crippen molar-refractivity contribution in [2.24, 2.45) is 7.05 Å². The highest BCUT2D eigenvalue weighted by molar-refractivity contribution is 6.07. The fourth-order valence-electron chi connectivity index (χ4n) is 4.60. The SMILES string of the molecule is Cn1cnc2cc(Cn3cc(C(=O)NC4CCCCC4)c4c(F)cccc43)ccc21. The van der Waals surface area contributed by atoms with E-state index in [4.69, 9.17) is 0 Å². The van der Waals surface area contributed by atoms with E-state index in [-0.39, 0.29) is 17.8 Å². The monoisotopic (exact) mass is 404 g/mol. The minimum Gasteiger partial charge on any atom is -0.349 e. The Morgan fingerprint density at radius 2 is 2.00 bits per heavy atom. The van der Waals surface area contributed by atoms with E-state index >= 15 is 0 Å². The highest BCUT2D eigenvalue weighted by atomic mass is 19.1. The zero-order chi connectivity index (χ0) is 20.7. The van der Waals surface area contributed by atoms with E-state index < -0.39 is 0 Å². The summed E-state index contributed by atoms with van der Waals surface area (Å²) in [6.07, 6.45) is 9.07. The van der Waals surface area contributed by atoms with Crippen LogP contribution in [0.3, 0.4) is 0 Å². The summed E-state index contributed by atoms with van der Waals surface area (Å²) in [5.41, 5.74) is 4.18. The van der Waals surface area contributed by atoms with Crippen molar-refractivity contribution in [3.8, 4) is 0 Å². The molecule has 2 aromatic carbocycles. The Hall–Kier alpha value is -3.15. The van der Waals surface area contributed by atoms with E-state index in [2.05, 4.69) is 16.4 Å². The maximum atomic E-state index is 14.7. The topological polar surface area (TPSA) is 51.9 Å².